The van der Waals surface area contributed by atoms with Gasteiger partial charge in [-0.3, -0.25) is 0 Å². The summed E-state index contributed by atoms with van der Waals surface area (Å²) in [5.41, 5.74) is 8.47. The van der Waals surface area contributed by atoms with Crippen LogP contribution in [0.3, 0.4) is 0 Å². The summed E-state index contributed by atoms with van der Waals surface area (Å²) in [5, 5.41) is 5.07. The number of para-hydroxylation sites is 1. The first kappa shape index (κ1) is 15.6. The van der Waals surface area contributed by atoms with Gasteiger partial charge in [-0.25, -0.2) is 4.98 Å². The maximum atomic E-state index is 5.63. The van der Waals surface area contributed by atoms with Crippen LogP contribution in [-0.2, 0) is 12.8 Å². The van der Waals surface area contributed by atoms with E-state index in [9.17, 15) is 0 Å². The molecule has 0 fully saturated rings. The van der Waals surface area contributed by atoms with Gasteiger partial charge in [0.15, 0.2) is 12.0 Å². The molecule has 0 saturated heterocycles. The third-order valence-electron chi connectivity index (χ3n) is 5.61. The molecule has 0 amide bonds. The van der Waals surface area contributed by atoms with E-state index in [4.69, 9.17) is 4.42 Å². The average Bonchev–Trinajstić information content (AvgIpc) is 3.26. The van der Waals surface area contributed by atoms with Gasteiger partial charge in [-0.2, -0.15) is 0 Å². The van der Waals surface area contributed by atoms with E-state index in [-0.39, 0.29) is 6.04 Å². The number of rotatable bonds is 3. The summed E-state index contributed by atoms with van der Waals surface area (Å²) in [6, 6.07) is 13.3. The molecule has 0 spiro atoms. The van der Waals surface area contributed by atoms with Gasteiger partial charge in [0.2, 0.25) is 0 Å². The first-order valence-electron chi connectivity index (χ1n) is 9.39. The number of H-pyrrole nitrogens is 1. The largest absolute Gasteiger partial charge is 0.443 e. The van der Waals surface area contributed by atoms with Crippen LogP contribution in [0.5, 0.6) is 0 Å². The minimum atomic E-state index is 0.268. The number of fused-ring (bicyclic) bond motifs is 4. The van der Waals surface area contributed by atoms with Crippen molar-refractivity contribution in [3.63, 3.8) is 0 Å². The molecule has 1 aliphatic rings. The molecule has 2 aromatic heterocycles. The minimum absolute atomic E-state index is 0.268. The third-order valence-corrected chi connectivity index (χ3v) is 5.61. The van der Waals surface area contributed by atoms with Gasteiger partial charge in [-0.05, 0) is 60.2 Å². The molecule has 132 valence electrons. The summed E-state index contributed by atoms with van der Waals surface area (Å²) in [5.74, 6) is 0.548. The summed E-state index contributed by atoms with van der Waals surface area (Å²) in [6.45, 7) is 5.51. The minimum Gasteiger partial charge on any atom is -0.443 e. The molecule has 0 bridgehead atoms. The highest BCUT2D eigenvalue weighted by Crippen LogP contribution is 2.34. The summed E-state index contributed by atoms with van der Waals surface area (Å²) >= 11 is 0. The topological polar surface area (TPSA) is 53.9 Å². The van der Waals surface area contributed by atoms with E-state index in [1.54, 1.807) is 0 Å². The van der Waals surface area contributed by atoms with Gasteiger partial charge < -0.3 is 14.7 Å². The van der Waals surface area contributed by atoms with E-state index < -0.39 is 0 Å². The van der Waals surface area contributed by atoms with Crippen molar-refractivity contribution < 1.29 is 4.42 Å². The van der Waals surface area contributed by atoms with Crippen LogP contribution in [0.2, 0.25) is 0 Å². The maximum Gasteiger partial charge on any atom is 0.181 e. The number of nitrogens with zero attached hydrogens (tertiary/aromatic N) is 1. The number of aromatic nitrogens is 2. The molecular formula is C22H23N3O. The maximum absolute atomic E-state index is 5.63. The Morgan fingerprint density at radius 3 is 3.04 bits per heavy atom. The van der Waals surface area contributed by atoms with Crippen molar-refractivity contribution in [2.24, 2.45) is 0 Å². The Kier molecular flexibility index (Phi) is 3.61. The molecular weight excluding hydrogens is 322 g/mol. The fourth-order valence-corrected chi connectivity index (χ4v) is 4.19. The number of hydrogen-bond donors (Lipinski definition) is 2. The highest BCUT2D eigenvalue weighted by atomic mass is 16.3. The third kappa shape index (κ3) is 2.44. The van der Waals surface area contributed by atoms with E-state index in [0.29, 0.717) is 5.92 Å². The quantitative estimate of drug-likeness (QED) is 0.557. The Bertz CT molecular complexity index is 1090. The summed E-state index contributed by atoms with van der Waals surface area (Å²) in [4.78, 5) is 7.97. The summed E-state index contributed by atoms with van der Waals surface area (Å²) in [6.07, 6.45) is 3.49. The van der Waals surface area contributed by atoms with Gasteiger partial charge in [0, 0.05) is 16.6 Å². The van der Waals surface area contributed by atoms with E-state index in [0.717, 1.165) is 30.5 Å². The van der Waals surface area contributed by atoms with Crippen molar-refractivity contribution in [2.75, 3.05) is 6.54 Å². The Balaban J connectivity index is 1.57. The van der Waals surface area contributed by atoms with Gasteiger partial charge in [0.25, 0.3) is 0 Å². The molecule has 2 aromatic carbocycles. The Hall–Kier alpha value is -2.59. The molecule has 2 N–H and O–H groups in total. The first-order chi connectivity index (χ1) is 12.7. The van der Waals surface area contributed by atoms with Crippen molar-refractivity contribution in [1.82, 2.24) is 15.3 Å². The molecule has 1 aliphatic heterocycles. The second-order valence-electron chi connectivity index (χ2n) is 7.56. The lowest BCUT2D eigenvalue weighted by molar-refractivity contribution is 0.492. The molecule has 0 aliphatic carbocycles. The van der Waals surface area contributed by atoms with Crippen LogP contribution < -0.4 is 5.32 Å². The van der Waals surface area contributed by atoms with Crippen LogP contribution in [-0.4, -0.2) is 16.5 Å². The van der Waals surface area contributed by atoms with E-state index in [1.165, 1.54) is 39.7 Å². The Morgan fingerprint density at radius 1 is 1.23 bits per heavy atom. The number of oxazole rings is 1. The van der Waals surface area contributed by atoms with Crippen LogP contribution in [0.1, 0.15) is 48.2 Å². The fraction of sp³-hybridized carbons (Fsp3) is 0.318. The molecule has 0 radical (unpaired) electrons. The van der Waals surface area contributed by atoms with Crippen LogP contribution in [0.25, 0.3) is 22.0 Å². The lowest BCUT2D eigenvalue weighted by Crippen LogP contribution is -2.31. The molecule has 4 aromatic rings. The number of nitrogens with one attached hydrogen (secondary N) is 2. The summed E-state index contributed by atoms with van der Waals surface area (Å²) < 4.78 is 5.63. The first-order valence-corrected chi connectivity index (χ1v) is 9.39. The number of aromatic amines is 1. The highest BCUT2D eigenvalue weighted by Gasteiger charge is 2.25. The van der Waals surface area contributed by atoms with Crippen molar-refractivity contribution in [3.8, 4) is 0 Å². The van der Waals surface area contributed by atoms with E-state index in [2.05, 4.69) is 59.5 Å². The molecule has 26 heavy (non-hydrogen) atoms. The molecule has 1 unspecified atom stereocenters. The van der Waals surface area contributed by atoms with Crippen molar-refractivity contribution >= 4 is 22.0 Å². The molecule has 0 saturated carbocycles. The molecule has 1 atom stereocenters. The van der Waals surface area contributed by atoms with Gasteiger partial charge in [0.05, 0.1) is 6.04 Å². The van der Waals surface area contributed by atoms with Crippen molar-refractivity contribution in [1.29, 1.82) is 0 Å². The molecule has 4 heteroatoms. The smallest absolute Gasteiger partial charge is 0.181 e. The molecule has 4 nitrogen and oxygen atoms in total. The van der Waals surface area contributed by atoms with E-state index in [1.807, 2.05) is 6.07 Å². The van der Waals surface area contributed by atoms with Gasteiger partial charge in [-0.15, -0.1) is 0 Å². The standard InChI is InChI=1S/C22H23N3O/c1-13(2)14-6-7-18-17(10-14)16-8-9-23-20(21(16)25-18)11-15-4-3-5-19-22(15)26-12-24-19/h3-7,10,12-13,20,23,25H,8-9,11H2,1-2H3. The zero-order valence-electron chi connectivity index (χ0n) is 15.2. The zero-order chi connectivity index (χ0) is 17.7. The monoisotopic (exact) mass is 345 g/mol. The predicted molar refractivity (Wildman–Crippen MR) is 105 cm³/mol. The molecule has 3 heterocycles. The average molecular weight is 345 g/mol. The normalized spacial score (nSPS) is 17.3. The lowest BCUT2D eigenvalue weighted by Gasteiger charge is -2.24. The van der Waals surface area contributed by atoms with Crippen LogP contribution >= 0.6 is 0 Å². The SMILES string of the molecule is CC(C)c1ccc2[nH]c3c(c2c1)CCNC3Cc1cccc2ncoc12. The predicted octanol–water partition coefficient (Wildman–Crippen LogP) is 4.86. The van der Waals surface area contributed by atoms with E-state index >= 15 is 0 Å². The zero-order valence-corrected chi connectivity index (χ0v) is 15.2. The van der Waals surface area contributed by atoms with Gasteiger partial charge in [-0.1, -0.05) is 32.0 Å². The Morgan fingerprint density at radius 2 is 2.15 bits per heavy atom. The highest BCUT2D eigenvalue weighted by molar-refractivity contribution is 5.86. The lowest BCUT2D eigenvalue weighted by atomic mass is 9.93. The molecule has 5 rings (SSSR count). The summed E-state index contributed by atoms with van der Waals surface area (Å²) in [7, 11) is 0. The van der Waals surface area contributed by atoms with Crippen molar-refractivity contribution in [3.05, 3.63) is 65.2 Å². The van der Waals surface area contributed by atoms with Crippen LogP contribution in [0.4, 0.5) is 0 Å². The van der Waals surface area contributed by atoms with Crippen molar-refractivity contribution in [2.45, 2.75) is 38.6 Å². The fourth-order valence-electron chi connectivity index (χ4n) is 4.19. The van der Waals surface area contributed by atoms with Gasteiger partial charge in [0.1, 0.15) is 5.52 Å². The van der Waals surface area contributed by atoms with Crippen LogP contribution in [0, 0.1) is 0 Å². The van der Waals surface area contributed by atoms with Crippen LogP contribution in [0.15, 0.2) is 47.2 Å². The number of benzene rings is 2. The van der Waals surface area contributed by atoms with Gasteiger partial charge >= 0.3 is 0 Å². The Labute approximate surface area is 152 Å². The second kappa shape index (κ2) is 5.99. The second-order valence-corrected chi connectivity index (χ2v) is 7.56. The number of hydrogen-bond acceptors (Lipinski definition) is 3.